The van der Waals surface area contributed by atoms with Crippen LogP contribution in [0.25, 0.3) is 10.9 Å². The quantitative estimate of drug-likeness (QED) is 0.235. The van der Waals surface area contributed by atoms with Crippen LogP contribution in [0, 0.1) is 17.0 Å². The minimum absolute atomic E-state index is 0.0610. The summed E-state index contributed by atoms with van der Waals surface area (Å²) in [5.74, 6) is -0.582. The van der Waals surface area contributed by atoms with Crippen LogP contribution in [0.2, 0.25) is 0 Å². The number of aromatic nitrogens is 1. The number of nitro groups is 1. The van der Waals surface area contributed by atoms with Crippen LogP contribution in [0.4, 0.5) is 22.7 Å². The molecule has 32 heavy (non-hydrogen) atoms. The lowest BCUT2D eigenvalue weighted by atomic mass is 10.2. The fourth-order valence-electron chi connectivity index (χ4n) is 3.40. The zero-order chi connectivity index (χ0) is 22.7. The SMILES string of the molecule is Cc1cccc(NC(=O)Cn2c(O)c(N=Nc3ccccc3[N+](=O)[O-])c3ccccc32)c1. The molecule has 0 spiro atoms. The van der Waals surface area contributed by atoms with Crippen molar-refractivity contribution in [3.8, 4) is 5.88 Å². The number of hydrogen-bond donors (Lipinski definition) is 2. The molecule has 9 nitrogen and oxygen atoms in total. The minimum atomic E-state index is -0.548. The molecule has 4 aromatic rings. The highest BCUT2D eigenvalue weighted by atomic mass is 16.6. The molecule has 0 atom stereocenters. The van der Waals surface area contributed by atoms with Gasteiger partial charge in [0.2, 0.25) is 11.8 Å². The smallest absolute Gasteiger partial charge is 0.296 e. The van der Waals surface area contributed by atoms with Crippen molar-refractivity contribution in [2.75, 3.05) is 5.32 Å². The van der Waals surface area contributed by atoms with E-state index in [9.17, 15) is 20.0 Å². The zero-order valence-corrected chi connectivity index (χ0v) is 17.1. The van der Waals surface area contributed by atoms with Gasteiger partial charge in [-0.1, -0.05) is 42.5 Å². The third-order valence-corrected chi connectivity index (χ3v) is 4.86. The first-order valence-electron chi connectivity index (χ1n) is 9.76. The van der Waals surface area contributed by atoms with E-state index in [1.165, 1.54) is 22.8 Å². The van der Waals surface area contributed by atoms with Crippen molar-refractivity contribution in [1.82, 2.24) is 4.57 Å². The zero-order valence-electron chi connectivity index (χ0n) is 17.1. The average Bonchev–Trinajstić information content (AvgIpc) is 3.03. The summed E-state index contributed by atoms with van der Waals surface area (Å²) in [7, 11) is 0. The normalized spacial score (nSPS) is 11.2. The fraction of sp³-hybridized carbons (Fsp3) is 0.0870. The van der Waals surface area contributed by atoms with Gasteiger partial charge >= 0.3 is 0 Å². The number of amides is 1. The number of aromatic hydroxyl groups is 1. The van der Waals surface area contributed by atoms with Crippen molar-refractivity contribution >= 4 is 39.6 Å². The summed E-state index contributed by atoms with van der Waals surface area (Å²) in [5, 5.41) is 33.5. The molecule has 2 N–H and O–H groups in total. The van der Waals surface area contributed by atoms with E-state index in [-0.39, 0.29) is 35.4 Å². The second kappa shape index (κ2) is 8.68. The number of fused-ring (bicyclic) bond motifs is 1. The summed E-state index contributed by atoms with van der Waals surface area (Å²) >= 11 is 0. The Balaban J connectivity index is 1.68. The lowest BCUT2D eigenvalue weighted by Crippen LogP contribution is -2.18. The largest absolute Gasteiger partial charge is 0.493 e. The van der Waals surface area contributed by atoms with Gasteiger partial charge < -0.3 is 15.0 Å². The molecule has 160 valence electrons. The summed E-state index contributed by atoms with van der Waals surface area (Å²) in [6.07, 6.45) is 0. The number of anilines is 1. The first-order valence-corrected chi connectivity index (χ1v) is 9.76. The number of aryl methyl sites for hydroxylation is 1. The number of azo groups is 1. The van der Waals surface area contributed by atoms with Crippen molar-refractivity contribution < 1.29 is 14.8 Å². The maximum atomic E-state index is 12.6. The Bertz CT molecular complexity index is 1360. The Kier molecular flexibility index (Phi) is 5.63. The Morgan fingerprint density at radius 2 is 1.81 bits per heavy atom. The molecule has 0 bridgehead atoms. The van der Waals surface area contributed by atoms with E-state index in [1.807, 2.05) is 25.1 Å². The number of carbonyl (C=O) groups is 1. The second-order valence-corrected chi connectivity index (χ2v) is 7.14. The van der Waals surface area contributed by atoms with Gasteiger partial charge in [-0.3, -0.25) is 14.9 Å². The molecule has 3 aromatic carbocycles. The first kappa shape index (κ1) is 20.7. The number of benzene rings is 3. The maximum absolute atomic E-state index is 12.6. The Labute approximate surface area is 182 Å². The molecular weight excluding hydrogens is 410 g/mol. The number of rotatable bonds is 6. The van der Waals surface area contributed by atoms with E-state index in [4.69, 9.17) is 0 Å². The Hall–Kier alpha value is -4.53. The van der Waals surface area contributed by atoms with Gasteiger partial charge in [-0.25, -0.2) is 0 Å². The highest BCUT2D eigenvalue weighted by Crippen LogP contribution is 2.40. The van der Waals surface area contributed by atoms with E-state index in [0.29, 0.717) is 16.6 Å². The second-order valence-electron chi connectivity index (χ2n) is 7.14. The highest BCUT2D eigenvalue weighted by molar-refractivity contribution is 5.97. The molecule has 0 radical (unpaired) electrons. The predicted molar refractivity (Wildman–Crippen MR) is 121 cm³/mol. The summed E-state index contributed by atoms with van der Waals surface area (Å²) in [5.41, 5.74) is 2.24. The van der Waals surface area contributed by atoms with Crippen molar-refractivity contribution in [2.45, 2.75) is 13.5 Å². The standard InChI is InChI=1S/C23H19N5O4/c1-15-7-6-8-16(13-15)24-21(29)14-27-19-11-4-2-9-17(19)22(23(27)30)26-25-18-10-3-5-12-20(18)28(31)32/h2-13,30H,14H2,1H3,(H,24,29). The first-order chi connectivity index (χ1) is 15.4. The molecule has 0 aliphatic rings. The van der Waals surface area contributed by atoms with Crippen LogP contribution in [0.1, 0.15) is 5.56 Å². The predicted octanol–water partition coefficient (Wildman–Crippen LogP) is 5.62. The summed E-state index contributed by atoms with van der Waals surface area (Å²) in [6, 6.07) is 20.4. The third kappa shape index (κ3) is 4.17. The molecule has 0 saturated heterocycles. The van der Waals surface area contributed by atoms with E-state index >= 15 is 0 Å². The Morgan fingerprint density at radius 1 is 1.06 bits per heavy atom. The van der Waals surface area contributed by atoms with Gasteiger partial charge in [0.05, 0.1) is 10.4 Å². The lowest BCUT2D eigenvalue weighted by Gasteiger charge is -2.09. The molecule has 9 heteroatoms. The van der Waals surface area contributed by atoms with Gasteiger partial charge in [-0.15, -0.1) is 10.2 Å². The molecule has 0 fully saturated rings. The van der Waals surface area contributed by atoms with Crippen LogP contribution in [0.3, 0.4) is 0 Å². The molecule has 0 aliphatic carbocycles. The highest BCUT2D eigenvalue weighted by Gasteiger charge is 2.19. The van der Waals surface area contributed by atoms with Gasteiger partial charge in [0, 0.05) is 17.1 Å². The molecule has 4 rings (SSSR count). The van der Waals surface area contributed by atoms with Crippen molar-refractivity contribution in [3.63, 3.8) is 0 Å². The lowest BCUT2D eigenvalue weighted by molar-refractivity contribution is -0.384. The number of nitro benzene ring substituents is 1. The number of para-hydroxylation sites is 2. The van der Waals surface area contributed by atoms with Crippen LogP contribution < -0.4 is 5.32 Å². The van der Waals surface area contributed by atoms with Crippen LogP contribution in [0.15, 0.2) is 83.0 Å². The number of hydrogen-bond acceptors (Lipinski definition) is 6. The summed E-state index contributed by atoms with van der Waals surface area (Å²) in [6.45, 7) is 1.77. The molecule has 1 aromatic heterocycles. The van der Waals surface area contributed by atoms with Gasteiger partial charge in [0.1, 0.15) is 6.54 Å². The molecule has 1 amide bonds. The van der Waals surface area contributed by atoms with E-state index < -0.39 is 4.92 Å². The number of nitrogens with one attached hydrogen (secondary N) is 1. The fourth-order valence-corrected chi connectivity index (χ4v) is 3.40. The summed E-state index contributed by atoms with van der Waals surface area (Å²) in [4.78, 5) is 23.3. The van der Waals surface area contributed by atoms with Crippen LogP contribution in [-0.4, -0.2) is 20.5 Å². The number of nitrogens with zero attached hydrogens (tertiary/aromatic N) is 4. The monoisotopic (exact) mass is 429 g/mol. The van der Waals surface area contributed by atoms with Crippen LogP contribution in [-0.2, 0) is 11.3 Å². The van der Waals surface area contributed by atoms with Crippen LogP contribution >= 0.6 is 0 Å². The van der Waals surface area contributed by atoms with Crippen LogP contribution in [0.5, 0.6) is 5.88 Å². The number of carbonyl (C=O) groups excluding carboxylic acids is 1. The molecular formula is C23H19N5O4. The van der Waals surface area contributed by atoms with Gasteiger partial charge in [-0.2, -0.15) is 0 Å². The van der Waals surface area contributed by atoms with E-state index in [1.54, 1.807) is 36.4 Å². The van der Waals surface area contributed by atoms with Crippen molar-refractivity contribution in [3.05, 3.63) is 88.5 Å². The van der Waals surface area contributed by atoms with Gasteiger partial charge in [0.25, 0.3) is 5.69 Å². The molecule has 1 heterocycles. The molecule has 0 aliphatic heterocycles. The van der Waals surface area contributed by atoms with Gasteiger partial charge in [-0.05, 0) is 36.8 Å². The van der Waals surface area contributed by atoms with E-state index in [0.717, 1.165) is 5.56 Å². The topological polar surface area (TPSA) is 122 Å². The van der Waals surface area contributed by atoms with Crippen molar-refractivity contribution in [2.24, 2.45) is 10.2 Å². The van der Waals surface area contributed by atoms with E-state index in [2.05, 4.69) is 15.5 Å². The maximum Gasteiger partial charge on any atom is 0.296 e. The minimum Gasteiger partial charge on any atom is -0.493 e. The molecule has 0 unspecified atom stereocenters. The van der Waals surface area contributed by atoms with Crippen molar-refractivity contribution in [1.29, 1.82) is 0 Å². The third-order valence-electron chi connectivity index (χ3n) is 4.86. The Morgan fingerprint density at radius 3 is 2.59 bits per heavy atom. The van der Waals surface area contributed by atoms with Gasteiger partial charge in [0.15, 0.2) is 11.4 Å². The average molecular weight is 429 g/mol. The molecule has 0 saturated carbocycles. The summed E-state index contributed by atoms with van der Waals surface area (Å²) < 4.78 is 1.42.